The third kappa shape index (κ3) is 4.11. The summed E-state index contributed by atoms with van der Waals surface area (Å²) in [5.74, 6) is -8.19. The molecule has 4 rings (SSSR count). The first kappa shape index (κ1) is 27.4. The predicted molar refractivity (Wildman–Crippen MR) is 135 cm³/mol. The standard InChI is InChI=1S/C28H38N2O7/c1-5-13(6-2)7-8-14-9-10-18(31)20-16(14)11-15-12-17-22(30(3)4)24(33)21(27(29)36)26(35)28(17,37)25(34)19(15)23(20)32/h9-10,13,15,17,19,21-22,24,31,33,37H,5-8,11-12H2,1-4H3,(H2,29,36)/t15-,17-,19?,21?,22?,24?,28-/m1/s1. The molecule has 202 valence electrons. The quantitative estimate of drug-likeness (QED) is 0.393. The van der Waals surface area contributed by atoms with Crippen molar-refractivity contribution in [1.82, 2.24) is 4.90 Å². The topological polar surface area (TPSA) is 158 Å². The molecule has 0 bridgehead atoms. The molecule has 1 aromatic carbocycles. The summed E-state index contributed by atoms with van der Waals surface area (Å²) in [5.41, 5.74) is 4.52. The van der Waals surface area contributed by atoms with Gasteiger partial charge in [0.25, 0.3) is 0 Å². The number of aliphatic hydroxyl groups excluding tert-OH is 1. The van der Waals surface area contributed by atoms with E-state index in [1.54, 1.807) is 19.0 Å². The molecule has 0 spiro atoms. The Hall–Kier alpha value is -2.62. The summed E-state index contributed by atoms with van der Waals surface area (Å²) >= 11 is 0. The van der Waals surface area contributed by atoms with Gasteiger partial charge in [-0.25, -0.2) is 0 Å². The molecule has 9 heteroatoms. The number of benzene rings is 1. The fraction of sp³-hybridized carbons (Fsp3) is 0.643. The monoisotopic (exact) mass is 514 g/mol. The van der Waals surface area contributed by atoms with E-state index in [0.717, 1.165) is 36.8 Å². The number of aliphatic hydroxyl groups is 2. The summed E-state index contributed by atoms with van der Waals surface area (Å²) in [6, 6.07) is 2.40. The number of hydrogen-bond acceptors (Lipinski definition) is 8. The number of phenolic OH excluding ortho intramolecular Hbond substituents is 1. The van der Waals surface area contributed by atoms with Crippen LogP contribution in [0.2, 0.25) is 0 Å². The molecule has 5 N–H and O–H groups in total. The number of aromatic hydroxyl groups is 1. The highest BCUT2D eigenvalue weighted by atomic mass is 16.3. The smallest absolute Gasteiger partial charge is 0.230 e. The molecule has 0 saturated heterocycles. The van der Waals surface area contributed by atoms with Gasteiger partial charge in [0.1, 0.15) is 11.7 Å². The van der Waals surface area contributed by atoms with Gasteiger partial charge in [0.2, 0.25) is 5.91 Å². The van der Waals surface area contributed by atoms with Crippen LogP contribution in [0.4, 0.5) is 0 Å². The summed E-state index contributed by atoms with van der Waals surface area (Å²) in [7, 11) is 3.27. The molecule has 0 radical (unpaired) electrons. The molecular weight excluding hydrogens is 476 g/mol. The van der Waals surface area contributed by atoms with Crippen LogP contribution >= 0.6 is 0 Å². The van der Waals surface area contributed by atoms with E-state index in [9.17, 15) is 34.5 Å². The van der Waals surface area contributed by atoms with Gasteiger partial charge in [-0.1, -0.05) is 32.8 Å². The zero-order chi connectivity index (χ0) is 27.4. The van der Waals surface area contributed by atoms with E-state index in [0.29, 0.717) is 12.3 Å². The third-order valence-corrected chi connectivity index (χ3v) is 9.25. The van der Waals surface area contributed by atoms with Gasteiger partial charge in [-0.05, 0) is 68.8 Å². The first-order valence-corrected chi connectivity index (χ1v) is 13.2. The average molecular weight is 515 g/mol. The Morgan fingerprint density at radius 2 is 1.81 bits per heavy atom. The largest absolute Gasteiger partial charge is 0.507 e. The van der Waals surface area contributed by atoms with Gasteiger partial charge in [-0.2, -0.15) is 0 Å². The minimum Gasteiger partial charge on any atom is -0.507 e. The molecule has 3 aliphatic carbocycles. The zero-order valence-electron chi connectivity index (χ0n) is 21.9. The van der Waals surface area contributed by atoms with E-state index in [4.69, 9.17) is 5.73 Å². The number of primary amides is 1. The molecule has 0 aromatic heterocycles. The third-order valence-electron chi connectivity index (χ3n) is 9.25. The van der Waals surface area contributed by atoms with Crippen molar-refractivity contribution in [2.24, 2.45) is 35.3 Å². The summed E-state index contributed by atoms with van der Waals surface area (Å²) in [4.78, 5) is 54.7. The molecule has 1 aromatic rings. The second-order valence-corrected chi connectivity index (χ2v) is 11.3. The predicted octanol–water partition coefficient (Wildman–Crippen LogP) is 1.03. The second-order valence-electron chi connectivity index (χ2n) is 11.3. The van der Waals surface area contributed by atoms with Gasteiger partial charge < -0.3 is 26.0 Å². The molecule has 7 atom stereocenters. The van der Waals surface area contributed by atoms with Crippen molar-refractivity contribution in [1.29, 1.82) is 0 Å². The fourth-order valence-corrected chi connectivity index (χ4v) is 7.18. The lowest BCUT2D eigenvalue weighted by Gasteiger charge is -2.54. The maximum atomic E-state index is 13.9. The SMILES string of the molecule is CCC(CC)CCc1ccc(O)c2c1C[C@@H]1C[C@@H]3C(N(C)C)C(O)C(C(N)=O)C(=O)[C@]3(O)C(=O)C1C2=O. The Kier molecular flexibility index (Phi) is 7.35. The number of rotatable bonds is 7. The number of likely N-dealkylation sites (N-methyl/N-ethyl adjacent to an activating group) is 1. The van der Waals surface area contributed by atoms with Crippen molar-refractivity contribution >= 4 is 23.3 Å². The van der Waals surface area contributed by atoms with Crippen molar-refractivity contribution in [2.45, 2.75) is 70.1 Å². The van der Waals surface area contributed by atoms with Gasteiger partial charge >= 0.3 is 0 Å². The Morgan fingerprint density at radius 3 is 2.38 bits per heavy atom. The normalized spacial score (nSPS) is 33.4. The Bertz CT molecular complexity index is 1130. The molecule has 0 aliphatic heterocycles. The van der Waals surface area contributed by atoms with Gasteiger partial charge in [-0.15, -0.1) is 0 Å². The average Bonchev–Trinajstić information content (AvgIpc) is 2.82. The molecule has 4 unspecified atom stereocenters. The number of hydrogen-bond donors (Lipinski definition) is 4. The second kappa shape index (κ2) is 9.93. The van der Waals surface area contributed by atoms with Crippen LogP contribution in [0.15, 0.2) is 12.1 Å². The number of phenols is 1. The van der Waals surface area contributed by atoms with Crippen LogP contribution in [0, 0.1) is 29.6 Å². The van der Waals surface area contributed by atoms with Crippen molar-refractivity contribution < 1.29 is 34.5 Å². The molecule has 2 fully saturated rings. The van der Waals surface area contributed by atoms with E-state index in [2.05, 4.69) is 13.8 Å². The Labute approximate surface area is 217 Å². The highest BCUT2D eigenvalue weighted by Crippen LogP contribution is 2.51. The van der Waals surface area contributed by atoms with Crippen LogP contribution in [-0.2, 0) is 27.2 Å². The number of nitrogens with zero attached hydrogens (tertiary/aromatic N) is 1. The maximum Gasteiger partial charge on any atom is 0.230 e. The highest BCUT2D eigenvalue weighted by Gasteiger charge is 2.69. The lowest BCUT2D eigenvalue weighted by atomic mass is 9.52. The van der Waals surface area contributed by atoms with Crippen LogP contribution in [0.25, 0.3) is 0 Å². The van der Waals surface area contributed by atoms with Gasteiger partial charge in [0.05, 0.1) is 17.6 Å². The molecule has 3 aliphatic rings. The van der Waals surface area contributed by atoms with Gasteiger partial charge in [0.15, 0.2) is 23.0 Å². The highest BCUT2D eigenvalue weighted by molar-refractivity contribution is 6.25. The van der Waals surface area contributed by atoms with Crippen LogP contribution in [0.3, 0.4) is 0 Å². The van der Waals surface area contributed by atoms with E-state index in [-0.39, 0.29) is 17.7 Å². The minimum atomic E-state index is -2.63. The van der Waals surface area contributed by atoms with Crippen molar-refractivity contribution in [2.75, 3.05) is 14.1 Å². The lowest BCUT2D eigenvalue weighted by molar-refractivity contribution is -0.190. The van der Waals surface area contributed by atoms with Crippen LogP contribution in [0.5, 0.6) is 5.75 Å². The fourth-order valence-electron chi connectivity index (χ4n) is 7.18. The van der Waals surface area contributed by atoms with E-state index >= 15 is 0 Å². The number of ketones is 3. The van der Waals surface area contributed by atoms with Crippen LogP contribution in [0.1, 0.15) is 61.0 Å². The number of amides is 1. The molecule has 37 heavy (non-hydrogen) atoms. The first-order chi connectivity index (χ1) is 17.4. The number of Topliss-reactive ketones (excluding diaryl/α,β-unsaturated/α-hetero) is 3. The summed E-state index contributed by atoms with van der Waals surface area (Å²) in [6.07, 6.45) is 2.72. The lowest BCUT2D eigenvalue weighted by Crippen LogP contribution is -2.75. The van der Waals surface area contributed by atoms with Gasteiger partial charge in [0, 0.05) is 12.0 Å². The molecular formula is C28H38N2O7. The Morgan fingerprint density at radius 1 is 1.16 bits per heavy atom. The number of fused-ring (bicyclic) bond motifs is 3. The van der Waals surface area contributed by atoms with Crippen molar-refractivity contribution in [3.63, 3.8) is 0 Å². The van der Waals surface area contributed by atoms with E-state index < -0.39 is 64.7 Å². The van der Waals surface area contributed by atoms with Crippen LogP contribution in [-0.4, -0.2) is 75.3 Å². The number of carbonyl (C=O) groups excluding carboxylic acids is 4. The molecule has 9 nitrogen and oxygen atoms in total. The first-order valence-electron chi connectivity index (χ1n) is 13.2. The summed E-state index contributed by atoms with van der Waals surface area (Å²) in [6.45, 7) is 4.29. The summed E-state index contributed by atoms with van der Waals surface area (Å²) in [5, 5.41) is 33.3. The Balaban J connectivity index is 1.78. The number of carbonyl (C=O) groups is 4. The van der Waals surface area contributed by atoms with Crippen molar-refractivity contribution in [3.8, 4) is 5.75 Å². The van der Waals surface area contributed by atoms with Crippen LogP contribution < -0.4 is 5.73 Å². The van der Waals surface area contributed by atoms with E-state index in [1.807, 2.05) is 6.07 Å². The molecule has 2 saturated carbocycles. The molecule has 0 heterocycles. The number of nitrogens with two attached hydrogens (primary N) is 1. The van der Waals surface area contributed by atoms with Gasteiger partial charge in [-0.3, -0.25) is 19.2 Å². The maximum absolute atomic E-state index is 13.9. The number of aryl methyl sites for hydroxylation is 1. The zero-order valence-corrected chi connectivity index (χ0v) is 21.9. The minimum absolute atomic E-state index is 0.0811. The van der Waals surface area contributed by atoms with Crippen molar-refractivity contribution in [3.05, 3.63) is 28.8 Å². The molecule has 1 amide bonds. The summed E-state index contributed by atoms with van der Waals surface area (Å²) < 4.78 is 0. The van der Waals surface area contributed by atoms with E-state index in [1.165, 1.54) is 6.07 Å².